The number of nitrogens with zero attached hydrogens (tertiary/aromatic N) is 1. The van der Waals surface area contributed by atoms with E-state index in [1.165, 1.54) is 12.1 Å². The van der Waals surface area contributed by atoms with E-state index in [4.69, 9.17) is 10.00 Å². The second-order valence-electron chi connectivity index (χ2n) is 4.06. The molecule has 0 N–H and O–H groups in total. The lowest BCUT2D eigenvalue weighted by atomic mass is 10.1. The van der Waals surface area contributed by atoms with Crippen LogP contribution >= 0.6 is 0 Å². The normalized spacial score (nSPS) is 11.7. The largest absolute Gasteiger partial charge is 0.497 e. The minimum Gasteiger partial charge on any atom is -0.497 e. The minimum absolute atomic E-state index is 0.0331. The van der Waals surface area contributed by atoms with Crippen molar-refractivity contribution in [2.24, 2.45) is 0 Å². The molecule has 0 fully saturated rings. The summed E-state index contributed by atoms with van der Waals surface area (Å²) in [7, 11) is 0.180. The van der Waals surface area contributed by atoms with Crippen molar-refractivity contribution in [3.05, 3.63) is 59.4 Å². The van der Waals surface area contributed by atoms with Crippen molar-refractivity contribution >= 4 is 10.8 Å². The van der Waals surface area contributed by atoms with Crippen LogP contribution in [0.4, 0.5) is 4.39 Å². The molecule has 1 unspecified atom stereocenters. The van der Waals surface area contributed by atoms with Gasteiger partial charge in [-0.15, -0.1) is 0 Å². The molecule has 0 bridgehead atoms. The quantitative estimate of drug-likeness (QED) is 0.869. The molecule has 0 aromatic heterocycles. The number of hydrogen-bond donors (Lipinski definition) is 0. The van der Waals surface area contributed by atoms with Crippen molar-refractivity contribution in [3.8, 4) is 11.8 Å². The molecular weight excluding hydrogens is 277 g/mol. The topological polar surface area (TPSA) is 50.1 Å². The van der Waals surface area contributed by atoms with Gasteiger partial charge in [0.2, 0.25) is 0 Å². The third-order valence-corrected chi connectivity index (χ3v) is 4.18. The minimum atomic E-state index is -1.37. The van der Waals surface area contributed by atoms with Crippen LogP contribution < -0.4 is 4.74 Å². The number of methoxy groups -OCH3 is 1. The molecule has 0 aliphatic carbocycles. The second kappa shape index (κ2) is 6.31. The fraction of sp³-hybridized carbons (Fsp3) is 0.133. The van der Waals surface area contributed by atoms with Crippen molar-refractivity contribution in [1.82, 2.24) is 0 Å². The fourth-order valence-electron chi connectivity index (χ4n) is 1.73. The Labute approximate surface area is 119 Å². The molecule has 1 atom stereocenters. The van der Waals surface area contributed by atoms with E-state index in [0.717, 1.165) is 0 Å². The maximum atomic E-state index is 13.9. The van der Waals surface area contributed by atoms with Gasteiger partial charge in [-0.1, -0.05) is 12.1 Å². The molecular formula is C15H12FNO2S. The van der Waals surface area contributed by atoms with E-state index in [0.29, 0.717) is 10.6 Å². The molecule has 0 aliphatic heterocycles. The summed E-state index contributed by atoms with van der Waals surface area (Å²) in [5.41, 5.74) is 0.243. The predicted molar refractivity (Wildman–Crippen MR) is 74.2 cm³/mol. The van der Waals surface area contributed by atoms with Gasteiger partial charge in [-0.3, -0.25) is 4.21 Å². The molecule has 0 spiro atoms. The van der Waals surface area contributed by atoms with Crippen LogP contribution in [0.15, 0.2) is 47.4 Å². The van der Waals surface area contributed by atoms with Crippen LogP contribution in [0.25, 0.3) is 0 Å². The lowest BCUT2D eigenvalue weighted by Gasteiger charge is -2.06. The Morgan fingerprint density at radius 2 is 1.95 bits per heavy atom. The molecule has 3 nitrogen and oxygen atoms in total. The van der Waals surface area contributed by atoms with Crippen molar-refractivity contribution < 1.29 is 13.3 Å². The standard InChI is InChI=1S/C15H12FNO2S/c1-19-13-5-7-14(8-6-13)20(18)10-12-4-2-3-11(9-17)15(12)16/h2-8H,10H2,1H3. The van der Waals surface area contributed by atoms with E-state index in [2.05, 4.69) is 0 Å². The Hall–Kier alpha value is -2.19. The summed E-state index contributed by atoms with van der Waals surface area (Å²) < 4.78 is 31.1. The van der Waals surface area contributed by atoms with E-state index >= 15 is 0 Å². The summed E-state index contributed by atoms with van der Waals surface area (Å²) in [6.07, 6.45) is 0. The van der Waals surface area contributed by atoms with Gasteiger partial charge in [0.15, 0.2) is 0 Å². The first-order valence-corrected chi connectivity index (χ1v) is 7.17. The number of ether oxygens (including phenoxy) is 1. The highest BCUT2D eigenvalue weighted by molar-refractivity contribution is 7.84. The van der Waals surface area contributed by atoms with Gasteiger partial charge in [0.25, 0.3) is 0 Å². The van der Waals surface area contributed by atoms with Crippen LogP contribution in [0.1, 0.15) is 11.1 Å². The van der Waals surface area contributed by atoms with Crippen molar-refractivity contribution in [2.45, 2.75) is 10.6 Å². The first-order chi connectivity index (χ1) is 9.65. The highest BCUT2D eigenvalue weighted by Gasteiger charge is 2.12. The van der Waals surface area contributed by atoms with Crippen LogP contribution in [0.5, 0.6) is 5.75 Å². The van der Waals surface area contributed by atoms with Gasteiger partial charge < -0.3 is 4.74 Å². The summed E-state index contributed by atoms with van der Waals surface area (Å²) in [6, 6.07) is 13.1. The molecule has 102 valence electrons. The number of nitriles is 1. The summed E-state index contributed by atoms with van der Waals surface area (Å²) in [5, 5.41) is 8.77. The van der Waals surface area contributed by atoms with E-state index < -0.39 is 16.6 Å². The second-order valence-corrected chi connectivity index (χ2v) is 5.51. The Morgan fingerprint density at radius 3 is 2.55 bits per heavy atom. The fourth-order valence-corrected chi connectivity index (χ4v) is 2.84. The zero-order valence-electron chi connectivity index (χ0n) is 10.8. The maximum absolute atomic E-state index is 13.9. The van der Waals surface area contributed by atoms with Crippen LogP contribution in [-0.4, -0.2) is 11.3 Å². The molecule has 0 amide bonds. The van der Waals surface area contributed by atoms with E-state index in [-0.39, 0.29) is 16.9 Å². The number of benzene rings is 2. The molecule has 20 heavy (non-hydrogen) atoms. The number of hydrogen-bond acceptors (Lipinski definition) is 3. The van der Waals surface area contributed by atoms with Crippen molar-refractivity contribution in [1.29, 1.82) is 5.26 Å². The molecule has 0 saturated carbocycles. The van der Waals surface area contributed by atoms with E-state index in [1.54, 1.807) is 43.5 Å². The average molecular weight is 289 g/mol. The third-order valence-electron chi connectivity index (χ3n) is 2.81. The molecule has 0 radical (unpaired) electrons. The number of halogens is 1. The van der Waals surface area contributed by atoms with Gasteiger partial charge >= 0.3 is 0 Å². The Morgan fingerprint density at radius 1 is 1.25 bits per heavy atom. The maximum Gasteiger partial charge on any atom is 0.145 e. The first kappa shape index (κ1) is 14.2. The van der Waals surface area contributed by atoms with Crippen LogP contribution in [0.2, 0.25) is 0 Å². The molecule has 0 aliphatic rings. The van der Waals surface area contributed by atoms with Gasteiger partial charge in [0, 0.05) is 10.5 Å². The molecule has 5 heteroatoms. The SMILES string of the molecule is COc1ccc(S(=O)Cc2cccc(C#N)c2F)cc1. The van der Waals surface area contributed by atoms with Crippen LogP contribution in [0.3, 0.4) is 0 Å². The summed E-state index contributed by atoms with van der Waals surface area (Å²) in [6.45, 7) is 0. The summed E-state index contributed by atoms with van der Waals surface area (Å²) in [5.74, 6) is 0.105. The number of rotatable bonds is 4. The molecule has 0 saturated heterocycles. The van der Waals surface area contributed by atoms with Crippen molar-refractivity contribution in [2.75, 3.05) is 7.11 Å². The zero-order chi connectivity index (χ0) is 14.5. The van der Waals surface area contributed by atoms with Crippen molar-refractivity contribution in [3.63, 3.8) is 0 Å². The van der Waals surface area contributed by atoms with Crippen LogP contribution in [0, 0.1) is 17.1 Å². The van der Waals surface area contributed by atoms with Crippen LogP contribution in [-0.2, 0) is 16.6 Å². The molecule has 2 aromatic carbocycles. The van der Waals surface area contributed by atoms with Gasteiger partial charge in [0.05, 0.1) is 29.2 Å². The van der Waals surface area contributed by atoms with E-state index in [9.17, 15) is 8.60 Å². The van der Waals surface area contributed by atoms with Gasteiger partial charge in [-0.05, 0) is 30.3 Å². The van der Waals surface area contributed by atoms with Gasteiger partial charge in [0.1, 0.15) is 17.6 Å². The highest BCUT2D eigenvalue weighted by atomic mass is 32.2. The lowest BCUT2D eigenvalue weighted by Crippen LogP contribution is -2.00. The Balaban J connectivity index is 2.21. The highest BCUT2D eigenvalue weighted by Crippen LogP contribution is 2.19. The Bertz CT molecular complexity index is 677. The summed E-state index contributed by atoms with van der Waals surface area (Å²) >= 11 is 0. The van der Waals surface area contributed by atoms with E-state index in [1.807, 2.05) is 0 Å². The zero-order valence-corrected chi connectivity index (χ0v) is 11.6. The predicted octanol–water partition coefficient (Wildman–Crippen LogP) is 3.01. The molecule has 2 aromatic rings. The van der Waals surface area contributed by atoms with Gasteiger partial charge in [-0.2, -0.15) is 5.26 Å². The third kappa shape index (κ3) is 3.03. The lowest BCUT2D eigenvalue weighted by molar-refractivity contribution is 0.414. The smallest absolute Gasteiger partial charge is 0.145 e. The molecule has 2 rings (SSSR count). The van der Waals surface area contributed by atoms with Gasteiger partial charge in [-0.25, -0.2) is 4.39 Å². The Kier molecular flexibility index (Phi) is 4.49. The molecule has 0 heterocycles. The summed E-state index contributed by atoms with van der Waals surface area (Å²) in [4.78, 5) is 0.590. The average Bonchev–Trinajstić information content (AvgIpc) is 2.49. The monoisotopic (exact) mass is 289 g/mol. The first-order valence-electron chi connectivity index (χ1n) is 5.85.